The Kier molecular flexibility index (Phi) is 38.3. The highest BCUT2D eigenvalue weighted by Crippen LogP contribution is 2.13. The molecule has 0 spiro atoms. The third-order valence-corrected chi connectivity index (χ3v) is 6.77. The van der Waals surface area contributed by atoms with Crippen molar-refractivity contribution in [3.05, 3.63) is 30.3 Å². The molecule has 6 nitrogen and oxygen atoms in total. The van der Waals surface area contributed by atoms with Crippen LogP contribution in [0.1, 0.15) is 130 Å². The van der Waals surface area contributed by atoms with Gasteiger partial charge in [-0.25, -0.2) is 0 Å². The summed E-state index contributed by atoms with van der Waals surface area (Å²) >= 11 is 0. The van der Waals surface area contributed by atoms with Crippen LogP contribution < -0.4 is 17.2 Å². The number of hydrogen-bond acceptors (Lipinski definition) is 6. The average Bonchev–Trinajstić information content (AvgIpc) is 2.90. The number of hydrogen-bond donors (Lipinski definition) is 3. The van der Waals surface area contributed by atoms with Gasteiger partial charge in [0.2, 0.25) is 0 Å². The first-order valence-corrected chi connectivity index (χ1v) is 16.4. The van der Waals surface area contributed by atoms with E-state index in [9.17, 15) is 8.42 Å². The van der Waals surface area contributed by atoms with Gasteiger partial charge in [-0.2, -0.15) is 8.42 Å². The number of benzene rings is 1. The van der Waals surface area contributed by atoms with E-state index < -0.39 is 10.1 Å². The molecule has 1 rings (SSSR count). The van der Waals surface area contributed by atoms with E-state index in [0.717, 1.165) is 32.5 Å². The Labute approximate surface area is 231 Å². The van der Waals surface area contributed by atoms with Crippen molar-refractivity contribution in [2.24, 2.45) is 17.2 Å². The van der Waals surface area contributed by atoms with Crippen LogP contribution in [0.25, 0.3) is 0 Å². The van der Waals surface area contributed by atoms with Crippen LogP contribution in [0.2, 0.25) is 0 Å². The molecule has 7 heteroatoms. The molecule has 0 amide bonds. The number of unbranched alkanes of at least 4 members (excludes halogenated alkanes) is 12. The molecule has 37 heavy (non-hydrogen) atoms. The van der Waals surface area contributed by atoms with Crippen LogP contribution in [0.5, 0.6) is 0 Å². The summed E-state index contributed by atoms with van der Waals surface area (Å²) in [6.07, 6.45) is 19.4. The summed E-state index contributed by atoms with van der Waals surface area (Å²) in [5, 5.41) is 0. The van der Waals surface area contributed by atoms with Crippen molar-refractivity contribution in [2.75, 3.05) is 26.2 Å². The fourth-order valence-corrected chi connectivity index (χ4v) is 3.99. The molecular formula is C30H63N3O3S. The second-order valence-corrected chi connectivity index (χ2v) is 10.8. The van der Waals surface area contributed by atoms with Crippen LogP contribution in [-0.2, 0) is 14.3 Å². The Morgan fingerprint density at radius 1 is 0.541 bits per heavy atom. The van der Waals surface area contributed by atoms with Crippen LogP contribution >= 0.6 is 0 Å². The summed E-state index contributed by atoms with van der Waals surface area (Å²) in [4.78, 5) is 0.238. The van der Waals surface area contributed by atoms with Crippen molar-refractivity contribution in [1.29, 1.82) is 0 Å². The first-order valence-electron chi connectivity index (χ1n) is 15.0. The quantitative estimate of drug-likeness (QED) is 0.122. The van der Waals surface area contributed by atoms with Crippen molar-refractivity contribution in [3.8, 4) is 0 Å². The van der Waals surface area contributed by atoms with Gasteiger partial charge in [-0.15, -0.1) is 0 Å². The summed E-state index contributed by atoms with van der Waals surface area (Å²) in [5.74, 6) is 0. The summed E-state index contributed by atoms with van der Waals surface area (Å²) in [7, 11) is -3.57. The minimum absolute atomic E-state index is 0.238. The van der Waals surface area contributed by atoms with Gasteiger partial charge in [-0.3, -0.25) is 4.18 Å². The van der Waals surface area contributed by atoms with E-state index in [1.165, 1.54) is 89.9 Å². The lowest BCUT2D eigenvalue weighted by atomic mass is 10.1. The Morgan fingerprint density at radius 3 is 1.22 bits per heavy atom. The standard InChI is InChI=1S/C18H30O3S.3C4H11N/c1-2-3-4-5-6-7-8-9-10-14-17-21-22(19,20)18-15-12-11-13-16-18;3*1-2-3-4-5/h11-13,15-16H,2-10,14,17H2,1H3;3*2-5H2,1H3. The molecule has 222 valence electrons. The smallest absolute Gasteiger partial charge is 0.296 e. The molecule has 0 aliphatic rings. The molecule has 0 aliphatic carbocycles. The zero-order chi connectivity index (χ0) is 28.5. The molecule has 0 radical (unpaired) electrons. The summed E-state index contributed by atoms with van der Waals surface area (Å²) in [5.41, 5.74) is 15.4. The van der Waals surface area contributed by atoms with Crippen molar-refractivity contribution < 1.29 is 12.6 Å². The Hall–Kier alpha value is -0.990. The number of rotatable bonds is 19. The lowest BCUT2D eigenvalue weighted by molar-refractivity contribution is 0.306. The molecule has 0 heterocycles. The molecule has 0 saturated carbocycles. The summed E-state index contributed by atoms with van der Waals surface area (Å²) < 4.78 is 28.8. The van der Waals surface area contributed by atoms with Gasteiger partial charge < -0.3 is 17.2 Å². The molecule has 0 unspecified atom stereocenters. The predicted octanol–water partition coefficient (Wildman–Crippen LogP) is 7.55. The van der Waals surface area contributed by atoms with Gasteiger partial charge in [0.1, 0.15) is 0 Å². The molecule has 0 atom stereocenters. The largest absolute Gasteiger partial charge is 0.330 e. The highest BCUT2D eigenvalue weighted by atomic mass is 32.2. The average molecular weight is 546 g/mol. The van der Waals surface area contributed by atoms with Crippen molar-refractivity contribution in [3.63, 3.8) is 0 Å². The monoisotopic (exact) mass is 545 g/mol. The van der Waals surface area contributed by atoms with Crippen LogP contribution in [0.3, 0.4) is 0 Å². The zero-order valence-electron chi connectivity index (χ0n) is 24.9. The molecule has 0 aliphatic heterocycles. The maximum atomic E-state index is 11.9. The van der Waals surface area contributed by atoms with Crippen LogP contribution in [0.15, 0.2) is 35.2 Å². The van der Waals surface area contributed by atoms with Gasteiger partial charge in [0, 0.05) is 0 Å². The van der Waals surface area contributed by atoms with E-state index in [0.29, 0.717) is 0 Å². The van der Waals surface area contributed by atoms with Gasteiger partial charge in [0.05, 0.1) is 11.5 Å². The molecule has 6 N–H and O–H groups in total. The van der Waals surface area contributed by atoms with Crippen LogP contribution in [-0.4, -0.2) is 34.7 Å². The van der Waals surface area contributed by atoms with Crippen molar-refractivity contribution in [1.82, 2.24) is 0 Å². The van der Waals surface area contributed by atoms with Gasteiger partial charge in [-0.1, -0.05) is 123 Å². The third kappa shape index (κ3) is 35.0. The fraction of sp³-hybridized carbons (Fsp3) is 0.800. The summed E-state index contributed by atoms with van der Waals surface area (Å²) in [6, 6.07) is 8.33. The molecule has 0 saturated heterocycles. The van der Waals surface area contributed by atoms with E-state index in [1.807, 2.05) is 0 Å². The van der Waals surface area contributed by atoms with E-state index in [2.05, 4.69) is 27.7 Å². The van der Waals surface area contributed by atoms with Crippen LogP contribution in [0, 0.1) is 0 Å². The summed E-state index contributed by atoms with van der Waals surface area (Å²) in [6.45, 7) is 11.4. The minimum atomic E-state index is -3.57. The van der Waals surface area contributed by atoms with E-state index >= 15 is 0 Å². The van der Waals surface area contributed by atoms with Gasteiger partial charge in [-0.05, 0) is 57.5 Å². The molecule has 0 bridgehead atoms. The molecular weight excluding hydrogens is 482 g/mol. The van der Waals surface area contributed by atoms with E-state index in [1.54, 1.807) is 30.3 Å². The molecule has 1 aromatic carbocycles. The van der Waals surface area contributed by atoms with Crippen molar-refractivity contribution in [2.45, 2.75) is 135 Å². The first-order chi connectivity index (χ1) is 17.9. The number of nitrogens with two attached hydrogens (primary N) is 3. The highest BCUT2D eigenvalue weighted by Gasteiger charge is 2.13. The zero-order valence-corrected chi connectivity index (χ0v) is 25.7. The van der Waals surface area contributed by atoms with Crippen LogP contribution in [0.4, 0.5) is 0 Å². The minimum Gasteiger partial charge on any atom is -0.330 e. The maximum Gasteiger partial charge on any atom is 0.296 e. The molecule has 1 aromatic rings. The Balaban J connectivity index is -0.000000626. The third-order valence-electron chi connectivity index (χ3n) is 5.44. The normalized spacial score (nSPS) is 10.4. The van der Waals surface area contributed by atoms with E-state index in [4.69, 9.17) is 21.4 Å². The maximum absolute atomic E-state index is 11.9. The van der Waals surface area contributed by atoms with E-state index in [-0.39, 0.29) is 11.5 Å². The molecule has 0 aromatic heterocycles. The SMILES string of the molecule is CCCCCCCCCCCCOS(=O)(=O)c1ccccc1.CCCCN.CCCCN.CCCCN. The second kappa shape index (κ2) is 35.0. The van der Waals surface area contributed by atoms with Crippen molar-refractivity contribution >= 4 is 10.1 Å². The predicted molar refractivity (Wildman–Crippen MR) is 163 cm³/mol. The van der Waals surface area contributed by atoms with Gasteiger partial charge >= 0.3 is 0 Å². The first kappa shape index (κ1) is 40.5. The van der Waals surface area contributed by atoms with Gasteiger partial charge in [0.15, 0.2) is 0 Å². The highest BCUT2D eigenvalue weighted by molar-refractivity contribution is 7.86. The Morgan fingerprint density at radius 2 is 0.892 bits per heavy atom. The lowest BCUT2D eigenvalue weighted by Crippen LogP contribution is -2.07. The molecule has 0 fully saturated rings. The lowest BCUT2D eigenvalue weighted by Gasteiger charge is -2.05. The Bertz CT molecular complexity index is 593. The van der Waals surface area contributed by atoms with Gasteiger partial charge in [0.25, 0.3) is 10.1 Å². The fourth-order valence-electron chi connectivity index (χ4n) is 3.03. The second-order valence-electron chi connectivity index (χ2n) is 9.20. The topological polar surface area (TPSA) is 121 Å².